The molecule has 1 amide bonds. The molecule has 4 nitrogen and oxygen atoms in total. The average molecular weight is 232 g/mol. The molecule has 0 bridgehead atoms. The van der Waals surface area contributed by atoms with Crippen LogP contribution in [0.3, 0.4) is 0 Å². The topological polar surface area (TPSA) is 55.6 Å². The summed E-state index contributed by atoms with van der Waals surface area (Å²) in [4.78, 5) is 13.8. The Hall–Kier alpha value is -1.71. The third kappa shape index (κ3) is 2.20. The lowest BCUT2D eigenvalue weighted by atomic mass is 10.1. The molecule has 17 heavy (non-hydrogen) atoms. The fourth-order valence-corrected chi connectivity index (χ4v) is 2.17. The molecule has 0 spiro atoms. The predicted molar refractivity (Wildman–Crippen MR) is 64.5 cm³/mol. The first-order chi connectivity index (χ1) is 8.22. The van der Waals surface area contributed by atoms with E-state index in [1.54, 1.807) is 6.07 Å². The summed E-state index contributed by atoms with van der Waals surface area (Å²) in [5, 5.41) is 0. The zero-order valence-corrected chi connectivity index (χ0v) is 9.69. The van der Waals surface area contributed by atoms with Crippen LogP contribution in [0.25, 0.3) is 0 Å². The van der Waals surface area contributed by atoms with Crippen LogP contribution in [0.15, 0.2) is 18.2 Å². The first kappa shape index (κ1) is 10.4. The van der Waals surface area contributed by atoms with Gasteiger partial charge in [-0.05, 0) is 37.0 Å². The number of carbonyl (C=O) groups excluding carboxylic acids is 1. The number of amides is 1. The van der Waals surface area contributed by atoms with Crippen molar-refractivity contribution in [2.24, 2.45) is 5.92 Å². The number of anilines is 1. The molecular weight excluding hydrogens is 216 g/mol. The van der Waals surface area contributed by atoms with E-state index in [-0.39, 0.29) is 12.5 Å². The molecule has 1 aromatic rings. The van der Waals surface area contributed by atoms with Crippen molar-refractivity contribution in [1.82, 2.24) is 4.90 Å². The van der Waals surface area contributed by atoms with Gasteiger partial charge in [0.1, 0.15) is 5.75 Å². The van der Waals surface area contributed by atoms with Gasteiger partial charge in [0.2, 0.25) is 0 Å². The maximum absolute atomic E-state index is 11.9. The van der Waals surface area contributed by atoms with E-state index in [1.165, 1.54) is 12.8 Å². The standard InChI is InChI=1S/C13H16N2O2/c14-11-3-4-12-10(5-11)7-15(6-9-1-2-9)13(16)8-17-12/h3-5,9H,1-2,6-8,14H2. The molecule has 3 rings (SSSR count). The second-order valence-electron chi connectivity index (χ2n) is 4.87. The van der Waals surface area contributed by atoms with Gasteiger partial charge in [-0.3, -0.25) is 4.79 Å². The van der Waals surface area contributed by atoms with Crippen molar-refractivity contribution in [1.29, 1.82) is 0 Å². The number of fused-ring (bicyclic) bond motifs is 1. The van der Waals surface area contributed by atoms with Crippen LogP contribution in [0, 0.1) is 5.92 Å². The quantitative estimate of drug-likeness (QED) is 0.784. The highest BCUT2D eigenvalue weighted by Crippen LogP contribution is 2.32. The normalized spacial score (nSPS) is 19.5. The first-order valence-electron chi connectivity index (χ1n) is 6.01. The number of hydrogen-bond acceptors (Lipinski definition) is 3. The number of carbonyl (C=O) groups is 1. The number of nitrogens with zero attached hydrogens (tertiary/aromatic N) is 1. The van der Waals surface area contributed by atoms with Crippen LogP contribution < -0.4 is 10.5 Å². The van der Waals surface area contributed by atoms with E-state index in [0.717, 1.165) is 17.9 Å². The van der Waals surface area contributed by atoms with Crippen molar-refractivity contribution in [3.05, 3.63) is 23.8 Å². The Labute approximate surface area is 100 Å². The first-order valence-corrected chi connectivity index (χ1v) is 6.01. The van der Waals surface area contributed by atoms with Gasteiger partial charge >= 0.3 is 0 Å². The minimum absolute atomic E-state index is 0.0756. The van der Waals surface area contributed by atoms with Crippen LogP contribution in [0.4, 0.5) is 5.69 Å². The van der Waals surface area contributed by atoms with Gasteiger partial charge in [-0.25, -0.2) is 0 Å². The van der Waals surface area contributed by atoms with Gasteiger partial charge in [0.05, 0.1) is 0 Å². The molecule has 1 fully saturated rings. The zero-order valence-electron chi connectivity index (χ0n) is 9.69. The molecule has 0 radical (unpaired) electrons. The lowest BCUT2D eigenvalue weighted by Crippen LogP contribution is -2.34. The second kappa shape index (κ2) is 3.95. The van der Waals surface area contributed by atoms with Gasteiger partial charge in [0.15, 0.2) is 6.61 Å². The summed E-state index contributed by atoms with van der Waals surface area (Å²) in [5.74, 6) is 1.55. The van der Waals surface area contributed by atoms with Crippen molar-refractivity contribution in [2.75, 3.05) is 18.9 Å². The third-order valence-electron chi connectivity index (χ3n) is 3.33. The van der Waals surface area contributed by atoms with Gasteiger partial charge in [-0.1, -0.05) is 0 Å². The molecule has 1 aliphatic carbocycles. The monoisotopic (exact) mass is 232 g/mol. The van der Waals surface area contributed by atoms with Gasteiger partial charge in [-0.2, -0.15) is 0 Å². The zero-order chi connectivity index (χ0) is 11.8. The lowest BCUT2D eigenvalue weighted by molar-refractivity contribution is -0.133. The van der Waals surface area contributed by atoms with Crippen LogP contribution in [0.1, 0.15) is 18.4 Å². The summed E-state index contributed by atoms with van der Waals surface area (Å²) >= 11 is 0. The van der Waals surface area contributed by atoms with Crippen LogP contribution in [-0.4, -0.2) is 24.0 Å². The summed E-state index contributed by atoms with van der Waals surface area (Å²) in [7, 11) is 0. The second-order valence-corrected chi connectivity index (χ2v) is 4.87. The Balaban J connectivity index is 1.85. The SMILES string of the molecule is Nc1ccc2c(c1)CN(CC1CC1)C(=O)CO2. The van der Waals surface area contributed by atoms with Gasteiger partial charge in [-0.15, -0.1) is 0 Å². The molecule has 1 aromatic carbocycles. The smallest absolute Gasteiger partial charge is 0.260 e. The van der Waals surface area contributed by atoms with E-state index < -0.39 is 0 Å². The molecular formula is C13H16N2O2. The van der Waals surface area contributed by atoms with E-state index in [4.69, 9.17) is 10.5 Å². The molecule has 1 saturated carbocycles. The van der Waals surface area contributed by atoms with Crippen molar-refractivity contribution < 1.29 is 9.53 Å². The van der Waals surface area contributed by atoms with Crippen molar-refractivity contribution in [3.8, 4) is 5.75 Å². The van der Waals surface area contributed by atoms with Crippen LogP contribution in [0.5, 0.6) is 5.75 Å². The molecule has 0 aromatic heterocycles. The molecule has 2 aliphatic rings. The summed E-state index contributed by atoms with van der Waals surface area (Å²) < 4.78 is 5.50. The maximum atomic E-state index is 11.9. The number of nitrogens with two attached hydrogens (primary N) is 1. The Morgan fingerprint density at radius 1 is 1.41 bits per heavy atom. The molecule has 90 valence electrons. The molecule has 0 atom stereocenters. The molecule has 1 heterocycles. The molecule has 0 saturated heterocycles. The van der Waals surface area contributed by atoms with Crippen LogP contribution >= 0.6 is 0 Å². The fourth-order valence-electron chi connectivity index (χ4n) is 2.17. The number of benzene rings is 1. The minimum Gasteiger partial charge on any atom is -0.483 e. The Bertz CT molecular complexity index is 455. The van der Waals surface area contributed by atoms with E-state index in [0.29, 0.717) is 18.2 Å². The van der Waals surface area contributed by atoms with E-state index >= 15 is 0 Å². The van der Waals surface area contributed by atoms with Gasteiger partial charge in [0, 0.05) is 24.3 Å². The lowest BCUT2D eigenvalue weighted by Gasteiger charge is -2.19. The average Bonchev–Trinajstić information content (AvgIpc) is 3.10. The third-order valence-corrected chi connectivity index (χ3v) is 3.33. The summed E-state index contributed by atoms with van der Waals surface area (Å²) in [6.45, 7) is 1.62. The summed E-state index contributed by atoms with van der Waals surface area (Å²) in [6.07, 6.45) is 2.49. The summed E-state index contributed by atoms with van der Waals surface area (Å²) in [6, 6.07) is 5.55. The highest BCUT2D eigenvalue weighted by molar-refractivity contribution is 5.78. The molecule has 2 N–H and O–H groups in total. The van der Waals surface area contributed by atoms with Crippen LogP contribution in [0.2, 0.25) is 0 Å². The summed E-state index contributed by atoms with van der Waals surface area (Å²) in [5.41, 5.74) is 7.49. The van der Waals surface area contributed by atoms with Crippen molar-refractivity contribution >= 4 is 11.6 Å². The molecule has 4 heteroatoms. The Kier molecular flexibility index (Phi) is 2.42. The Morgan fingerprint density at radius 3 is 3.00 bits per heavy atom. The predicted octanol–water partition coefficient (Wildman–Crippen LogP) is 1.40. The van der Waals surface area contributed by atoms with Gasteiger partial charge < -0.3 is 15.4 Å². The number of nitrogen functional groups attached to an aromatic ring is 1. The molecule has 1 aliphatic heterocycles. The van der Waals surface area contributed by atoms with Gasteiger partial charge in [0.25, 0.3) is 5.91 Å². The largest absolute Gasteiger partial charge is 0.483 e. The van der Waals surface area contributed by atoms with Crippen molar-refractivity contribution in [2.45, 2.75) is 19.4 Å². The maximum Gasteiger partial charge on any atom is 0.260 e. The highest BCUT2D eigenvalue weighted by Gasteiger charge is 2.29. The fraction of sp³-hybridized carbons (Fsp3) is 0.462. The number of ether oxygens (including phenoxy) is 1. The van der Waals surface area contributed by atoms with E-state index in [1.807, 2.05) is 17.0 Å². The van der Waals surface area contributed by atoms with Crippen LogP contribution in [-0.2, 0) is 11.3 Å². The van der Waals surface area contributed by atoms with E-state index in [9.17, 15) is 4.79 Å². The molecule has 0 unspecified atom stereocenters. The Morgan fingerprint density at radius 2 is 2.24 bits per heavy atom. The number of hydrogen-bond donors (Lipinski definition) is 1. The van der Waals surface area contributed by atoms with Crippen molar-refractivity contribution in [3.63, 3.8) is 0 Å². The highest BCUT2D eigenvalue weighted by atomic mass is 16.5. The van der Waals surface area contributed by atoms with E-state index in [2.05, 4.69) is 0 Å². The number of rotatable bonds is 2. The minimum atomic E-state index is 0.0756.